The molecule has 2 amide bonds. The highest BCUT2D eigenvalue weighted by atomic mass is 16.6. The average Bonchev–Trinajstić information content (AvgIpc) is 2.84. The summed E-state index contributed by atoms with van der Waals surface area (Å²) in [6.07, 6.45) is 8.59. The lowest BCUT2D eigenvalue weighted by Gasteiger charge is -2.37. The number of hydrogen-bond donors (Lipinski definition) is 0. The van der Waals surface area contributed by atoms with Gasteiger partial charge in [-0.05, 0) is 83.2 Å². The first-order chi connectivity index (χ1) is 17.1. The third kappa shape index (κ3) is 8.70. The predicted octanol–water partition coefficient (Wildman–Crippen LogP) is 5.56. The number of nitrogens with zero attached hydrogens (tertiary/aromatic N) is 3. The van der Waals surface area contributed by atoms with Crippen molar-refractivity contribution in [1.82, 2.24) is 14.8 Å². The summed E-state index contributed by atoms with van der Waals surface area (Å²) in [6.45, 7) is 12.0. The molecule has 1 aromatic heterocycles. The Hall–Kier alpha value is -3.35. The molecule has 1 saturated heterocycles. The Bertz CT molecular complexity index is 1010. The van der Waals surface area contributed by atoms with E-state index < -0.39 is 5.60 Å². The highest BCUT2D eigenvalue weighted by molar-refractivity contribution is 5.91. The monoisotopic (exact) mass is 493 g/mol. The SMILES string of the molecule is CC(C)N(CC1CCCN(C(=O)C=Cc2ccc(OCc3cccnc3)cc2)C1)C(=O)OC(C)(C)C. The van der Waals surface area contributed by atoms with Gasteiger partial charge >= 0.3 is 6.09 Å². The second-order valence-corrected chi connectivity index (χ2v) is 10.6. The molecule has 0 N–H and O–H groups in total. The first kappa shape index (κ1) is 27.2. The van der Waals surface area contributed by atoms with E-state index >= 15 is 0 Å². The van der Waals surface area contributed by atoms with Crippen LogP contribution in [0.3, 0.4) is 0 Å². The number of rotatable bonds is 8. The van der Waals surface area contributed by atoms with Gasteiger partial charge in [0.1, 0.15) is 18.0 Å². The van der Waals surface area contributed by atoms with Crippen LogP contribution in [0, 0.1) is 5.92 Å². The zero-order valence-corrected chi connectivity index (χ0v) is 22.1. The Kier molecular flexibility index (Phi) is 9.51. The van der Waals surface area contributed by atoms with E-state index in [4.69, 9.17) is 9.47 Å². The summed E-state index contributed by atoms with van der Waals surface area (Å²) in [6, 6.07) is 11.5. The van der Waals surface area contributed by atoms with Crippen molar-refractivity contribution >= 4 is 18.1 Å². The minimum absolute atomic E-state index is 0.00929. The van der Waals surface area contributed by atoms with Crippen molar-refractivity contribution in [2.75, 3.05) is 19.6 Å². The number of piperidine rings is 1. The topological polar surface area (TPSA) is 72.0 Å². The Balaban J connectivity index is 1.52. The second kappa shape index (κ2) is 12.6. The number of hydrogen-bond acceptors (Lipinski definition) is 5. The molecule has 1 aromatic carbocycles. The van der Waals surface area contributed by atoms with Gasteiger partial charge in [-0.25, -0.2) is 4.79 Å². The maximum Gasteiger partial charge on any atom is 0.410 e. The highest BCUT2D eigenvalue weighted by Crippen LogP contribution is 2.21. The summed E-state index contributed by atoms with van der Waals surface area (Å²) in [4.78, 5) is 33.3. The van der Waals surface area contributed by atoms with Crippen molar-refractivity contribution in [3.05, 3.63) is 66.0 Å². The third-order valence-corrected chi connectivity index (χ3v) is 5.96. The van der Waals surface area contributed by atoms with E-state index in [2.05, 4.69) is 4.98 Å². The fourth-order valence-electron chi connectivity index (χ4n) is 4.11. The number of carbonyl (C=O) groups excluding carboxylic acids is 2. The Morgan fingerprint density at radius 3 is 2.58 bits per heavy atom. The molecular formula is C29H39N3O4. The van der Waals surface area contributed by atoms with Crippen molar-refractivity contribution in [3.63, 3.8) is 0 Å². The zero-order valence-electron chi connectivity index (χ0n) is 22.1. The van der Waals surface area contributed by atoms with Gasteiger partial charge in [-0.2, -0.15) is 0 Å². The van der Waals surface area contributed by atoms with Crippen molar-refractivity contribution in [2.45, 2.75) is 65.7 Å². The zero-order chi connectivity index (χ0) is 26.1. The molecule has 7 heteroatoms. The van der Waals surface area contributed by atoms with E-state index in [1.807, 2.05) is 82.0 Å². The lowest BCUT2D eigenvalue weighted by Crippen LogP contribution is -2.47. The number of carbonyl (C=O) groups is 2. The van der Waals surface area contributed by atoms with Crippen LogP contribution < -0.4 is 4.74 Å². The van der Waals surface area contributed by atoms with Crippen molar-refractivity contribution in [2.24, 2.45) is 5.92 Å². The normalized spacial score (nSPS) is 16.3. The van der Waals surface area contributed by atoms with Gasteiger partial charge in [-0.15, -0.1) is 0 Å². The molecule has 0 aliphatic carbocycles. The van der Waals surface area contributed by atoms with Gasteiger partial charge in [0.15, 0.2) is 0 Å². The Morgan fingerprint density at radius 2 is 1.94 bits per heavy atom. The molecule has 194 valence electrons. The maximum atomic E-state index is 12.9. The molecule has 0 bridgehead atoms. The van der Waals surface area contributed by atoms with Crippen molar-refractivity contribution < 1.29 is 19.1 Å². The van der Waals surface area contributed by atoms with E-state index in [1.54, 1.807) is 23.4 Å². The van der Waals surface area contributed by atoms with Crippen LogP contribution in [-0.4, -0.2) is 58.1 Å². The quantitative estimate of drug-likeness (QED) is 0.450. The number of pyridine rings is 1. The van der Waals surface area contributed by atoms with E-state index in [1.165, 1.54) is 0 Å². The summed E-state index contributed by atoms with van der Waals surface area (Å²) in [5.74, 6) is 0.980. The molecule has 1 atom stereocenters. The first-order valence-corrected chi connectivity index (χ1v) is 12.7. The minimum atomic E-state index is -0.534. The predicted molar refractivity (Wildman–Crippen MR) is 141 cm³/mol. The molecule has 1 aliphatic heterocycles. The van der Waals surface area contributed by atoms with Crippen LogP contribution in [0.1, 0.15) is 58.6 Å². The molecule has 3 rings (SSSR count). The lowest BCUT2D eigenvalue weighted by molar-refractivity contribution is -0.127. The van der Waals surface area contributed by atoms with Gasteiger partial charge in [0.2, 0.25) is 5.91 Å². The fraction of sp³-hybridized carbons (Fsp3) is 0.483. The Labute approximate surface area is 215 Å². The molecule has 0 radical (unpaired) electrons. The highest BCUT2D eigenvalue weighted by Gasteiger charge is 2.29. The smallest absolute Gasteiger partial charge is 0.410 e. The first-order valence-electron chi connectivity index (χ1n) is 12.7. The second-order valence-electron chi connectivity index (χ2n) is 10.6. The summed E-state index contributed by atoms with van der Waals surface area (Å²) in [5, 5.41) is 0. The molecule has 0 spiro atoms. The van der Waals surface area contributed by atoms with Gasteiger partial charge in [-0.3, -0.25) is 9.78 Å². The largest absolute Gasteiger partial charge is 0.489 e. The number of aromatic nitrogens is 1. The van der Waals surface area contributed by atoms with Gasteiger partial charge in [0.05, 0.1) is 0 Å². The molecule has 2 aromatic rings. The molecule has 1 aliphatic rings. The minimum Gasteiger partial charge on any atom is -0.489 e. The molecule has 0 saturated carbocycles. The molecule has 2 heterocycles. The lowest BCUT2D eigenvalue weighted by atomic mass is 9.97. The van der Waals surface area contributed by atoms with E-state index in [0.29, 0.717) is 19.7 Å². The van der Waals surface area contributed by atoms with Crippen LogP contribution >= 0.6 is 0 Å². The van der Waals surface area contributed by atoms with Gasteiger partial charge in [-0.1, -0.05) is 18.2 Å². The van der Waals surface area contributed by atoms with Crippen LogP contribution in [0.4, 0.5) is 4.79 Å². The van der Waals surface area contributed by atoms with Crippen LogP contribution in [0.2, 0.25) is 0 Å². The van der Waals surface area contributed by atoms with Gasteiger partial charge in [0, 0.05) is 49.7 Å². The molecular weight excluding hydrogens is 454 g/mol. The number of amides is 2. The molecule has 7 nitrogen and oxygen atoms in total. The standard InChI is InChI=1S/C29H39N3O4/c1-22(2)32(28(34)36-29(3,4)5)20-25-9-7-17-31(19-25)27(33)15-12-23-10-13-26(14-11-23)35-21-24-8-6-16-30-18-24/h6,8,10-16,18,22,25H,7,9,17,19-21H2,1-5H3. The Morgan fingerprint density at radius 1 is 1.19 bits per heavy atom. The van der Waals surface area contributed by atoms with Crippen LogP contribution in [0.25, 0.3) is 6.08 Å². The summed E-state index contributed by atoms with van der Waals surface area (Å²) in [7, 11) is 0. The van der Waals surface area contributed by atoms with E-state index in [9.17, 15) is 9.59 Å². The van der Waals surface area contributed by atoms with Crippen LogP contribution in [-0.2, 0) is 16.1 Å². The van der Waals surface area contributed by atoms with Crippen molar-refractivity contribution in [1.29, 1.82) is 0 Å². The maximum absolute atomic E-state index is 12.9. The van der Waals surface area contributed by atoms with Crippen LogP contribution in [0.15, 0.2) is 54.9 Å². The number of benzene rings is 1. The van der Waals surface area contributed by atoms with E-state index in [-0.39, 0.29) is 24.0 Å². The fourth-order valence-corrected chi connectivity index (χ4v) is 4.11. The molecule has 36 heavy (non-hydrogen) atoms. The number of likely N-dealkylation sites (tertiary alicyclic amines) is 1. The van der Waals surface area contributed by atoms with Gasteiger partial charge < -0.3 is 19.3 Å². The van der Waals surface area contributed by atoms with E-state index in [0.717, 1.165) is 36.3 Å². The average molecular weight is 494 g/mol. The summed E-state index contributed by atoms with van der Waals surface area (Å²) in [5.41, 5.74) is 1.41. The summed E-state index contributed by atoms with van der Waals surface area (Å²) >= 11 is 0. The number of ether oxygens (including phenoxy) is 2. The van der Waals surface area contributed by atoms with Crippen LogP contribution in [0.5, 0.6) is 5.75 Å². The third-order valence-electron chi connectivity index (χ3n) is 5.96. The molecule has 1 unspecified atom stereocenters. The van der Waals surface area contributed by atoms with Gasteiger partial charge in [0.25, 0.3) is 0 Å². The summed E-state index contributed by atoms with van der Waals surface area (Å²) < 4.78 is 11.4. The van der Waals surface area contributed by atoms with Crippen molar-refractivity contribution in [3.8, 4) is 5.75 Å². The molecule has 1 fully saturated rings.